The van der Waals surface area contributed by atoms with Crippen LogP contribution in [-0.4, -0.2) is 16.3 Å². The molecule has 0 saturated heterocycles. The number of nitrogens with zero attached hydrogens (tertiary/aromatic N) is 1. The van der Waals surface area contributed by atoms with E-state index in [0.717, 1.165) is 0 Å². The summed E-state index contributed by atoms with van der Waals surface area (Å²) in [5.41, 5.74) is -0.290. The van der Waals surface area contributed by atoms with Crippen molar-refractivity contribution in [3.63, 3.8) is 0 Å². The molecular formula is C9H13FN2O. The van der Waals surface area contributed by atoms with Crippen molar-refractivity contribution in [2.75, 3.05) is 0 Å². The van der Waals surface area contributed by atoms with Crippen LogP contribution in [0.3, 0.4) is 0 Å². The van der Waals surface area contributed by atoms with Crippen molar-refractivity contribution in [1.29, 1.82) is 0 Å². The minimum atomic E-state index is -0.790. The predicted molar refractivity (Wildman–Crippen MR) is 48.1 cm³/mol. The van der Waals surface area contributed by atoms with Crippen LogP contribution in [0.5, 0.6) is 0 Å². The van der Waals surface area contributed by atoms with E-state index in [1.165, 1.54) is 6.20 Å². The summed E-state index contributed by atoms with van der Waals surface area (Å²) in [5.74, 6) is -1.12. The molecule has 1 aliphatic heterocycles. The number of carbonyl (C=O) groups excluding carboxylic acids is 1. The van der Waals surface area contributed by atoms with Crippen LogP contribution in [-0.2, 0) is 4.79 Å². The molecule has 1 amide bonds. The Morgan fingerprint density at radius 2 is 2.08 bits per heavy atom. The van der Waals surface area contributed by atoms with E-state index in [1.54, 1.807) is 4.90 Å². The van der Waals surface area contributed by atoms with Crippen LogP contribution in [0.2, 0.25) is 0 Å². The summed E-state index contributed by atoms with van der Waals surface area (Å²) in [6.45, 7) is 9.34. The van der Waals surface area contributed by atoms with Crippen LogP contribution in [0.25, 0.3) is 0 Å². The second-order valence-corrected chi connectivity index (χ2v) is 3.92. The maximum absolute atomic E-state index is 12.9. The Morgan fingerprint density at radius 3 is 2.54 bits per heavy atom. The summed E-state index contributed by atoms with van der Waals surface area (Å²) in [6.07, 6.45) is 1.17. The maximum atomic E-state index is 12.9. The van der Waals surface area contributed by atoms with Gasteiger partial charge < -0.3 is 10.2 Å². The third-order valence-corrected chi connectivity index (χ3v) is 1.73. The van der Waals surface area contributed by atoms with Crippen LogP contribution in [0.15, 0.2) is 24.4 Å². The summed E-state index contributed by atoms with van der Waals surface area (Å²) in [5, 5.41) is 2.33. The quantitative estimate of drug-likeness (QED) is 0.618. The van der Waals surface area contributed by atoms with E-state index in [2.05, 4.69) is 11.9 Å². The number of halogens is 1. The fraction of sp³-hybridized carbons (Fsp3) is 0.444. The normalized spacial score (nSPS) is 18.5. The Bertz CT molecular complexity index is 288. The molecule has 1 aliphatic rings. The Hall–Kier alpha value is -1.32. The first-order chi connectivity index (χ1) is 5.82. The van der Waals surface area contributed by atoms with Crippen LogP contribution >= 0.6 is 0 Å². The molecule has 0 aromatic carbocycles. The van der Waals surface area contributed by atoms with Gasteiger partial charge in [-0.2, -0.15) is 4.39 Å². The first-order valence-corrected chi connectivity index (χ1v) is 3.99. The van der Waals surface area contributed by atoms with Gasteiger partial charge in [0.15, 0.2) is 0 Å². The lowest BCUT2D eigenvalue weighted by atomic mass is 10.1. The second kappa shape index (κ2) is 2.87. The maximum Gasteiger partial charge on any atom is 0.287 e. The number of rotatable bonds is 0. The van der Waals surface area contributed by atoms with Crippen molar-refractivity contribution in [3.8, 4) is 0 Å². The number of hydrogen-bond donors (Lipinski definition) is 1. The minimum Gasteiger partial charge on any atom is -0.327 e. The molecule has 1 rings (SSSR count). The highest BCUT2D eigenvalue weighted by atomic mass is 19.1. The molecule has 0 unspecified atom stereocenters. The highest BCUT2D eigenvalue weighted by Gasteiger charge is 2.28. The van der Waals surface area contributed by atoms with Gasteiger partial charge in [-0.15, -0.1) is 0 Å². The zero-order valence-electron chi connectivity index (χ0n) is 8.02. The van der Waals surface area contributed by atoms with E-state index in [0.29, 0.717) is 5.82 Å². The summed E-state index contributed by atoms with van der Waals surface area (Å²) in [4.78, 5) is 12.4. The van der Waals surface area contributed by atoms with Crippen molar-refractivity contribution >= 4 is 5.91 Å². The average Bonchev–Trinajstić information content (AvgIpc) is 1.94. The van der Waals surface area contributed by atoms with Gasteiger partial charge in [0.1, 0.15) is 5.82 Å². The fourth-order valence-electron chi connectivity index (χ4n) is 1.10. The highest BCUT2D eigenvalue weighted by molar-refractivity contribution is 5.93. The second-order valence-electron chi connectivity index (χ2n) is 3.92. The van der Waals surface area contributed by atoms with Gasteiger partial charge in [-0.3, -0.25) is 4.79 Å². The number of amides is 1. The first kappa shape index (κ1) is 9.77. The fourth-order valence-corrected chi connectivity index (χ4v) is 1.10. The summed E-state index contributed by atoms with van der Waals surface area (Å²) in [7, 11) is 0. The van der Waals surface area contributed by atoms with Gasteiger partial charge in [-0.25, -0.2) is 0 Å². The summed E-state index contributed by atoms with van der Waals surface area (Å²) >= 11 is 0. The van der Waals surface area contributed by atoms with Crippen LogP contribution < -0.4 is 5.32 Å². The van der Waals surface area contributed by atoms with Gasteiger partial charge >= 0.3 is 0 Å². The molecule has 72 valence electrons. The molecule has 4 heteroatoms. The van der Waals surface area contributed by atoms with Crippen LogP contribution in [0.4, 0.5) is 4.39 Å². The third-order valence-electron chi connectivity index (χ3n) is 1.73. The van der Waals surface area contributed by atoms with Crippen molar-refractivity contribution in [2.24, 2.45) is 0 Å². The largest absolute Gasteiger partial charge is 0.327 e. The molecule has 0 spiro atoms. The molecule has 1 heterocycles. The number of hydrogen-bond acceptors (Lipinski definition) is 2. The molecule has 0 radical (unpaired) electrons. The summed E-state index contributed by atoms with van der Waals surface area (Å²) in [6, 6.07) is 0. The zero-order chi connectivity index (χ0) is 10.2. The van der Waals surface area contributed by atoms with Crippen molar-refractivity contribution < 1.29 is 9.18 Å². The molecule has 0 aliphatic carbocycles. The first-order valence-electron chi connectivity index (χ1n) is 3.99. The lowest BCUT2D eigenvalue weighted by molar-refractivity contribution is -0.119. The number of nitrogens with one attached hydrogen (secondary N) is 1. The van der Waals surface area contributed by atoms with E-state index in [1.807, 2.05) is 20.8 Å². The molecule has 3 nitrogen and oxygen atoms in total. The molecule has 0 saturated carbocycles. The topological polar surface area (TPSA) is 32.3 Å². The van der Waals surface area contributed by atoms with E-state index in [9.17, 15) is 9.18 Å². The third kappa shape index (κ3) is 1.88. The molecule has 1 N–H and O–H groups in total. The van der Waals surface area contributed by atoms with E-state index in [-0.39, 0.29) is 5.54 Å². The van der Waals surface area contributed by atoms with E-state index >= 15 is 0 Å². The minimum absolute atomic E-state index is 0.290. The van der Waals surface area contributed by atoms with Gasteiger partial charge in [0.05, 0.1) is 0 Å². The predicted octanol–water partition coefficient (Wildman–Crippen LogP) is 1.50. The van der Waals surface area contributed by atoms with Crippen LogP contribution in [0.1, 0.15) is 20.8 Å². The van der Waals surface area contributed by atoms with Gasteiger partial charge in [0, 0.05) is 11.7 Å². The molecule has 0 atom stereocenters. The van der Waals surface area contributed by atoms with Crippen LogP contribution in [0, 0.1) is 0 Å². The van der Waals surface area contributed by atoms with Gasteiger partial charge in [0.25, 0.3) is 5.91 Å². The highest BCUT2D eigenvalue weighted by Crippen LogP contribution is 2.22. The smallest absolute Gasteiger partial charge is 0.287 e. The monoisotopic (exact) mass is 184 g/mol. The molecule has 0 aromatic rings. The SMILES string of the molecule is C=C1NC(=O)C(F)=CN1C(C)(C)C. The molecule has 0 aromatic heterocycles. The van der Waals surface area contributed by atoms with Crippen molar-refractivity contribution in [2.45, 2.75) is 26.3 Å². The van der Waals surface area contributed by atoms with E-state index < -0.39 is 11.7 Å². The molecule has 0 fully saturated rings. The van der Waals surface area contributed by atoms with Crippen molar-refractivity contribution in [3.05, 3.63) is 24.4 Å². The zero-order valence-corrected chi connectivity index (χ0v) is 8.02. The lowest BCUT2D eigenvalue weighted by Gasteiger charge is -2.37. The Morgan fingerprint density at radius 1 is 1.54 bits per heavy atom. The standard InChI is InChI=1S/C9H13FN2O/c1-6-11-8(13)7(10)5-12(6)9(2,3)4/h5H,1H2,2-4H3,(H,11,13). The van der Waals surface area contributed by atoms with Gasteiger partial charge in [-0.05, 0) is 20.8 Å². The van der Waals surface area contributed by atoms with E-state index in [4.69, 9.17) is 0 Å². The molecule has 13 heavy (non-hydrogen) atoms. The summed E-state index contributed by atoms with van der Waals surface area (Å²) < 4.78 is 12.9. The van der Waals surface area contributed by atoms with Gasteiger partial charge in [-0.1, -0.05) is 6.58 Å². The number of carbonyl (C=O) groups is 1. The Kier molecular flexibility index (Phi) is 2.15. The average molecular weight is 184 g/mol. The molecular weight excluding hydrogens is 171 g/mol. The lowest BCUT2D eigenvalue weighted by Crippen LogP contribution is -2.45. The van der Waals surface area contributed by atoms with Gasteiger partial charge in [0.2, 0.25) is 5.83 Å². The molecule has 0 bridgehead atoms. The van der Waals surface area contributed by atoms with Crippen molar-refractivity contribution in [1.82, 2.24) is 10.2 Å². The Labute approximate surface area is 76.9 Å². The Balaban J connectivity index is 3.01.